The van der Waals surface area contributed by atoms with Crippen molar-refractivity contribution in [3.8, 4) is 11.3 Å². The van der Waals surface area contributed by atoms with Crippen LogP contribution in [0.5, 0.6) is 0 Å². The number of hydrogen-bond acceptors (Lipinski definition) is 6. The van der Waals surface area contributed by atoms with Crippen molar-refractivity contribution in [2.24, 2.45) is 0 Å². The summed E-state index contributed by atoms with van der Waals surface area (Å²) < 4.78 is 0. The Bertz CT molecular complexity index is 1010. The number of thiazole rings is 1. The Morgan fingerprint density at radius 2 is 1.97 bits per heavy atom. The predicted octanol–water partition coefficient (Wildman–Crippen LogP) is 5.17. The van der Waals surface area contributed by atoms with Crippen molar-refractivity contribution in [2.45, 2.75) is 52.0 Å². The van der Waals surface area contributed by atoms with Gasteiger partial charge in [-0.15, -0.1) is 11.3 Å². The highest BCUT2D eigenvalue weighted by Gasteiger charge is 2.30. The van der Waals surface area contributed by atoms with Crippen LogP contribution in [0.3, 0.4) is 0 Å². The van der Waals surface area contributed by atoms with E-state index in [2.05, 4.69) is 15.3 Å². The van der Waals surface area contributed by atoms with Crippen LogP contribution in [0.2, 0.25) is 0 Å². The Labute approximate surface area is 180 Å². The first-order chi connectivity index (χ1) is 14.5. The highest BCUT2D eigenvalue weighted by atomic mass is 32.1. The molecule has 1 aliphatic carbocycles. The molecule has 3 N–H and O–H groups in total. The predicted molar refractivity (Wildman–Crippen MR) is 122 cm³/mol. The zero-order chi connectivity index (χ0) is 21.1. The molecule has 30 heavy (non-hydrogen) atoms. The average Bonchev–Trinajstić information content (AvgIpc) is 3.07. The van der Waals surface area contributed by atoms with Gasteiger partial charge in [0.1, 0.15) is 0 Å². The van der Waals surface area contributed by atoms with Gasteiger partial charge < -0.3 is 5.73 Å². The van der Waals surface area contributed by atoms with Gasteiger partial charge in [0.15, 0.2) is 10.9 Å². The van der Waals surface area contributed by atoms with Crippen molar-refractivity contribution in [1.82, 2.24) is 15.0 Å². The van der Waals surface area contributed by atoms with Gasteiger partial charge in [0.2, 0.25) is 0 Å². The monoisotopic (exact) mass is 422 g/mol. The van der Waals surface area contributed by atoms with Crippen molar-refractivity contribution in [3.63, 3.8) is 0 Å². The third-order valence-electron chi connectivity index (χ3n) is 5.49. The Morgan fingerprint density at radius 1 is 1.17 bits per heavy atom. The number of aromatic nitrogens is 3. The number of amides is 2. The Hall–Kier alpha value is -3.00. The molecular formula is C22H26N6OS. The number of aryl methyl sites for hydroxylation is 2. The summed E-state index contributed by atoms with van der Waals surface area (Å²) in [6, 6.07) is 7.30. The number of nitrogens with one attached hydrogen (secondary N) is 1. The second-order valence-electron chi connectivity index (χ2n) is 7.60. The molecule has 0 aliphatic heterocycles. The van der Waals surface area contributed by atoms with Crippen LogP contribution in [0.15, 0.2) is 36.7 Å². The van der Waals surface area contributed by atoms with Crippen LogP contribution >= 0.6 is 11.3 Å². The second kappa shape index (κ2) is 8.79. The van der Waals surface area contributed by atoms with Crippen molar-refractivity contribution < 1.29 is 4.79 Å². The minimum absolute atomic E-state index is 0.0554. The molecule has 4 rings (SSSR count). The number of nitrogen functional groups attached to an aromatic ring is 1. The van der Waals surface area contributed by atoms with Crippen LogP contribution in [0.1, 0.15) is 42.7 Å². The van der Waals surface area contributed by atoms with Crippen molar-refractivity contribution in [3.05, 3.63) is 47.2 Å². The molecule has 3 aromatic rings. The van der Waals surface area contributed by atoms with E-state index < -0.39 is 0 Å². The summed E-state index contributed by atoms with van der Waals surface area (Å²) in [5, 5.41) is 3.57. The Kier molecular flexibility index (Phi) is 5.94. The fourth-order valence-corrected chi connectivity index (χ4v) is 4.58. The van der Waals surface area contributed by atoms with E-state index in [0.717, 1.165) is 47.5 Å². The first kappa shape index (κ1) is 20.3. The molecule has 0 bridgehead atoms. The largest absolute Gasteiger partial charge is 0.396 e. The quantitative estimate of drug-likeness (QED) is 0.604. The van der Waals surface area contributed by atoms with E-state index >= 15 is 0 Å². The molecule has 1 fully saturated rings. The molecule has 8 heteroatoms. The number of urea groups is 1. The maximum atomic E-state index is 13.4. The maximum Gasteiger partial charge on any atom is 0.329 e. The standard InChI is InChI=1S/C22H26N6OS/c1-14-15(2)30-21(25-14)27-22(29)28(17-8-4-3-5-9-17)20-18(23)10-11-19(26-20)16-7-6-12-24-13-16/h6-7,10-13,17H,3-5,8-9,23H2,1-2H3,(H,25,27,29). The molecule has 156 valence electrons. The molecule has 7 nitrogen and oxygen atoms in total. The third-order valence-corrected chi connectivity index (χ3v) is 6.48. The van der Waals surface area contributed by atoms with E-state index in [1.54, 1.807) is 17.3 Å². The summed E-state index contributed by atoms with van der Waals surface area (Å²) in [6.45, 7) is 3.94. The molecule has 0 spiro atoms. The molecule has 2 amide bonds. The summed E-state index contributed by atoms with van der Waals surface area (Å²) in [5.74, 6) is 0.491. The number of nitrogens with zero attached hydrogens (tertiary/aromatic N) is 4. The molecule has 0 radical (unpaired) electrons. The van der Waals surface area contributed by atoms with Crippen molar-refractivity contribution >= 4 is 34.0 Å². The van der Waals surface area contributed by atoms with E-state index in [1.807, 2.05) is 38.1 Å². The SMILES string of the molecule is Cc1nc(NC(=O)N(c2nc(-c3cccnc3)ccc2N)C2CCCCC2)sc1C. The lowest BCUT2D eigenvalue weighted by molar-refractivity contribution is 0.252. The molecule has 0 aromatic carbocycles. The topological polar surface area (TPSA) is 97.0 Å². The van der Waals surface area contributed by atoms with Gasteiger partial charge in [-0.3, -0.25) is 15.2 Å². The first-order valence-corrected chi connectivity index (χ1v) is 11.1. The number of carbonyl (C=O) groups excluding carboxylic acids is 1. The molecule has 0 saturated heterocycles. The van der Waals surface area contributed by atoms with Gasteiger partial charge in [0.05, 0.1) is 17.1 Å². The van der Waals surface area contributed by atoms with Gasteiger partial charge >= 0.3 is 6.03 Å². The van der Waals surface area contributed by atoms with Crippen LogP contribution in [-0.2, 0) is 0 Å². The van der Waals surface area contributed by atoms with Gasteiger partial charge in [-0.25, -0.2) is 14.8 Å². The highest BCUT2D eigenvalue weighted by Crippen LogP contribution is 2.33. The summed E-state index contributed by atoms with van der Waals surface area (Å²) in [7, 11) is 0. The van der Waals surface area contributed by atoms with E-state index in [0.29, 0.717) is 16.6 Å². The molecule has 0 atom stereocenters. The van der Waals surface area contributed by atoms with E-state index in [9.17, 15) is 4.79 Å². The minimum atomic E-state index is -0.238. The number of rotatable bonds is 4. The second-order valence-corrected chi connectivity index (χ2v) is 8.81. The van der Waals surface area contributed by atoms with Crippen LogP contribution in [-0.4, -0.2) is 27.0 Å². The first-order valence-electron chi connectivity index (χ1n) is 10.2. The third kappa shape index (κ3) is 4.28. The van der Waals surface area contributed by atoms with Crippen molar-refractivity contribution in [2.75, 3.05) is 16.0 Å². The zero-order valence-corrected chi connectivity index (χ0v) is 18.1. The smallest absolute Gasteiger partial charge is 0.329 e. The lowest BCUT2D eigenvalue weighted by Crippen LogP contribution is -2.45. The summed E-state index contributed by atoms with van der Waals surface area (Å²) >= 11 is 1.48. The number of anilines is 3. The molecule has 3 aromatic heterocycles. The zero-order valence-electron chi connectivity index (χ0n) is 17.3. The molecule has 0 unspecified atom stereocenters. The molecule has 3 heterocycles. The maximum absolute atomic E-state index is 13.4. The average molecular weight is 423 g/mol. The van der Waals surface area contributed by atoms with Gasteiger partial charge in [-0.05, 0) is 51.0 Å². The van der Waals surface area contributed by atoms with E-state index in [-0.39, 0.29) is 12.1 Å². The molecular weight excluding hydrogens is 396 g/mol. The van der Waals surface area contributed by atoms with Gasteiger partial charge in [0, 0.05) is 28.9 Å². The summed E-state index contributed by atoms with van der Waals surface area (Å²) in [5.41, 5.74) is 9.35. The van der Waals surface area contributed by atoms with Crippen LogP contribution in [0.4, 0.5) is 21.4 Å². The number of hydrogen-bond donors (Lipinski definition) is 2. The van der Waals surface area contributed by atoms with E-state index in [4.69, 9.17) is 10.7 Å². The van der Waals surface area contributed by atoms with Crippen LogP contribution < -0.4 is 16.0 Å². The van der Waals surface area contributed by atoms with Gasteiger partial charge in [-0.2, -0.15) is 0 Å². The minimum Gasteiger partial charge on any atom is -0.396 e. The van der Waals surface area contributed by atoms with Crippen molar-refractivity contribution in [1.29, 1.82) is 0 Å². The fourth-order valence-electron chi connectivity index (χ4n) is 3.78. The van der Waals surface area contributed by atoms with Crippen LogP contribution in [0.25, 0.3) is 11.3 Å². The Morgan fingerprint density at radius 3 is 2.63 bits per heavy atom. The normalized spacial score (nSPS) is 14.5. The highest BCUT2D eigenvalue weighted by molar-refractivity contribution is 7.15. The fraction of sp³-hybridized carbons (Fsp3) is 0.364. The number of carbonyl (C=O) groups is 1. The lowest BCUT2D eigenvalue weighted by atomic mass is 9.94. The van der Waals surface area contributed by atoms with Gasteiger partial charge in [0.25, 0.3) is 0 Å². The Balaban J connectivity index is 1.71. The van der Waals surface area contributed by atoms with Gasteiger partial charge in [-0.1, -0.05) is 19.3 Å². The van der Waals surface area contributed by atoms with Crippen LogP contribution in [0, 0.1) is 13.8 Å². The number of nitrogens with two attached hydrogens (primary N) is 1. The lowest BCUT2D eigenvalue weighted by Gasteiger charge is -2.34. The number of pyridine rings is 2. The summed E-state index contributed by atoms with van der Waals surface area (Å²) in [6.07, 6.45) is 8.72. The summed E-state index contributed by atoms with van der Waals surface area (Å²) in [4.78, 5) is 29.7. The molecule has 1 aliphatic rings. The molecule has 1 saturated carbocycles. The van der Waals surface area contributed by atoms with E-state index in [1.165, 1.54) is 17.8 Å².